The second-order valence-electron chi connectivity index (χ2n) is 9.98. The number of hydrogen-bond acceptors (Lipinski definition) is 1. The van der Waals surface area contributed by atoms with Crippen molar-refractivity contribution in [1.82, 2.24) is 9.38 Å². The van der Waals surface area contributed by atoms with Crippen LogP contribution in [0.5, 0.6) is 0 Å². The fourth-order valence-electron chi connectivity index (χ4n) is 6.70. The summed E-state index contributed by atoms with van der Waals surface area (Å²) in [7, 11) is 0. The standard InChI is InChI=1S/C33H20N2/c1-3-9-23-19(7-1)16-22-17-30-27(18-26(22)23)32-25(33-34-28-11-5-6-12-29(28)35(30)33)14-13-21-15-20-8-2-4-10-24(20)31(21)32/h1-14,17-18H,15-16H2. The molecule has 9 rings (SSSR count). The summed E-state index contributed by atoms with van der Waals surface area (Å²) in [5.41, 5.74) is 15.7. The number of hydrogen-bond donors (Lipinski definition) is 0. The molecule has 162 valence electrons. The lowest BCUT2D eigenvalue weighted by Gasteiger charge is -2.15. The summed E-state index contributed by atoms with van der Waals surface area (Å²) in [6.07, 6.45) is 1.99. The third-order valence-electron chi connectivity index (χ3n) is 8.18. The van der Waals surface area contributed by atoms with Crippen LogP contribution in [0.25, 0.3) is 60.6 Å². The van der Waals surface area contributed by atoms with E-state index in [0.717, 1.165) is 24.0 Å². The first-order valence-corrected chi connectivity index (χ1v) is 12.3. The summed E-state index contributed by atoms with van der Waals surface area (Å²) in [6.45, 7) is 0. The molecule has 2 aliphatic carbocycles. The normalized spacial score (nSPS) is 13.5. The van der Waals surface area contributed by atoms with Crippen molar-refractivity contribution in [3.63, 3.8) is 0 Å². The molecule has 0 radical (unpaired) electrons. The molecule has 0 atom stereocenters. The fraction of sp³-hybridized carbons (Fsp3) is 0.0606. The first-order chi connectivity index (χ1) is 17.3. The van der Waals surface area contributed by atoms with Crippen LogP contribution in [0.3, 0.4) is 0 Å². The van der Waals surface area contributed by atoms with Gasteiger partial charge in [-0.1, -0.05) is 72.8 Å². The minimum atomic E-state index is 0.989. The Morgan fingerprint density at radius 1 is 0.543 bits per heavy atom. The molecule has 0 fully saturated rings. The minimum Gasteiger partial charge on any atom is -0.292 e. The number of para-hydroxylation sites is 2. The minimum absolute atomic E-state index is 0.989. The maximum atomic E-state index is 5.17. The Kier molecular flexibility index (Phi) is 3.16. The van der Waals surface area contributed by atoms with E-state index in [1.54, 1.807) is 0 Å². The van der Waals surface area contributed by atoms with Crippen molar-refractivity contribution in [2.24, 2.45) is 0 Å². The summed E-state index contributed by atoms with van der Waals surface area (Å²) in [5.74, 6) is 0. The topological polar surface area (TPSA) is 17.3 Å². The van der Waals surface area contributed by atoms with E-state index in [2.05, 4.69) is 101 Å². The van der Waals surface area contributed by atoms with E-state index in [9.17, 15) is 0 Å². The first-order valence-electron chi connectivity index (χ1n) is 12.3. The maximum absolute atomic E-state index is 5.17. The van der Waals surface area contributed by atoms with Crippen LogP contribution < -0.4 is 0 Å². The predicted molar refractivity (Wildman–Crippen MR) is 144 cm³/mol. The van der Waals surface area contributed by atoms with Crippen LogP contribution in [0.4, 0.5) is 0 Å². The lowest BCUT2D eigenvalue weighted by Crippen LogP contribution is -1.95. The van der Waals surface area contributed by atoms with Gasteiger partial charge in [0.25, 0.3) is 0 Å². The molecule has 0 amide bonds. The van der Waals surface area contributed by atoms with E-state index in [1.807, 2.05) is 0 Å². The van der Waals surface area contributed by atoms with Gasteiger partial charge in [-0.2, -0.15) is 0 Å². The van der Waals surface area contributed by atoms with Crippen molar-refractivity contribution in [3.8, 4) is 22.3 Å². The van der Waals surface area contributed by atoms with Crippen molar-refractivity contribution < 1.29 is 0 Å². The Morgan fingerprint density at radius 3 is 2.20 bits per heavy atom. The van der Waals surface area contributed by atoms with Gasteiger partial charge < -0.3 is 0 Å². The van der Waals surface area contributed by atoms with Crippen LogP contribution in [0.2, 0.25) is 0 Å². The van der Waals surface area contributed by atoms with E-state index >= 15 is 0 Å². The predicted octanol–water partition coefficient (Wildman–Crippen LogP) is 7.94. The number of nitrogens with zero attached hydrogens (tertiary/aromatic N) is 2. The summed E-state index contributed by atoms with van der Waals surface area (Å²) in [6, 6.07) is 35.8. The average molecular weight is 445 g/mol. The summed E-state index contributed by atoms with van der Waals surface area (Å²) in [4.78, 5) is 5.17. The number of rotatable bonds is 0. The highest BCUT2D eigenvalue weighted by Crippen LogP contribution is 2.47. The van der Waals surface area contributed by atoms with Crippen molar-refractivity contribution in [3.05, 3.63) is 119 Å². The van der Waals surface area contributed by atoms with Crippen molar-refractivity contribution in [2.45, 2.75) is 12.8 Å². The van der Waals surface area contributed by atoms with Crippen molar-refractivity contribution in [2.75, 3.05) is 0 Å². The molecule has 5 aromatic carbocycles. The van der Waals surface area contributed by atoms with Crippen LogP contribution in [0.1, 0.15) is 22.3 Å². The molecular weight excluding hydrogens is 424 g/mol. The zero-order valence-electron chi connectivity index (χ0n) is 19.0. The van der Waals surface area contributed by atoms with Gasteiger partial charge in [0.2, 0.25) is 0 Å². The lowest BCUT2D eigenvalue weighted by molar-refractivity contribution is 1.25. The molecule has 0 saturated carbocycles. The molecule has 0 saturated heterocycles. The Hall–Kier alpha value is -4.43. The van der Waals surface area contributed by atoms with E-state index in [4.69, 9.17) is 4.98 Å². The third-order valence-corrected chi connectivity index (χ3v) is 8.18. The summed E-state index contributed by atoms with van der Waals surface area (Å²) >= 11 is 0. The number of benzene rings is 5. The van der Waals surface area contributed by atoms with Gasteiger partial charge in [-0.25, -0.2) is 4.98 Å². The van der Waals surface area contributed by atoms with Crippen LogP contribution in [-0.4, -0.2) is 9.38 Å². The molecule has 7 aromatic rings. The monoisotopic (exact) mass is 444 g/mol. The molecule has 0 spiro atoms. The van der Waals surface area contributed by atoms with E-state index in [0.29, 0.717) is 0 Å². The number of fused-ring (bicyclic) bond motifs is 15. The van der Waals surface area contributed by atoms with Gasteiger partial charge >= 0.3 is 0 Å². The number of aromatic nitrogens is 2. The van der Waals surface area contributed by atoms with E-state index < -0.39 is 0 Å². The highest BCUT2D eigenvalue weighted by molar-refractivity contribution is 6.21. The molecule has 2 heterocycles. The summed E-state index contributed by atoms with van der Waals surface area (Å²) in [5, 5.41) is 3.90. The van der Waals surface area contributed by atoms with Crippen molar-refractivity contribution >= 4 is 38.4 Å². The SMILES string of the molecule is c1ccc2c(c1)Cc1cc3c(cc1-2)c1c2c(ccc1c1nc4ccccc4n31)Cc1ccccc1-2. The van der Waals surface area contributed by atoms with Gasteiger partial charge in [0.1, 0.15) is 5.65 Å². The first kappa shape index (κ1) is 18.0. The molecule has 2 aromatic heterocycles. The largest absolute Gasteiger partial charge is 0.292 e. The van der Waals surface area contributed by atoms with Gasteiger partial charge in [-0.05, 0) is 81.6 Å². The van der Waals surface area contributed by atoms with E-state index in [1.165, 1.54) is 71.7 Å². The van der Waals surface area contributed by atoms with Crippen molar-refractivity contribution in [1.29, 1.82) is 0 Å². The smallest absolute Gasteiger partial charge is 0.146 e. The van der Waals surface area contributed by atoms with Gasteiger partial charge in [0.15, 0.2) is 0 Å². The molecular formula is C33H20N2. The number of pyridine rings is 1. The number of imidazole rings is 1. The van der Waals surface area contributed by atoms with Crippen LogP contribution in [0.15, 0.2) is 97.1 Å². The van der Waals surface area contributed by atoms with Gasteiger partial charge in [-0.15, -0.1) is 0 Å². The highest BCUT2D eigenvalue weighted by Gasteiger charge is 2.26. The van der Waals surface area contributed by atoms with Crippen LogP contribution in [-0.2, 0) is 12.8 Å². The van der Waals surface area contributed by atoms with Crippen LogP contribution in [0, 0.1) is 0 Å². The zero-order chi connectivity index (χ0) is 22.7. The second-order valence-corrected chi connectivity index (χ2v) is 9.98. The van der Waals surface area contributed by atoms with Gasteiger partial charge in [-0.3, -0.25) is 4.40 Å². The van der Waals surface area contributed by atoms with E-state index in [-0.39, 0.29) is 0 Å². The quantitative estimate of drug-likeness (QED) is 0.217. The van der Waals surface area contributed by atoms with Gasteiger partial charge in [0.05, 0.1) is 16.6 Å². The van der Waals surface area contributed by atoms with Gasteiger partial charge in [0, 0.05) is 16.2 Å². The molecule has 0 aliphatic heterocycles. The molecule has 0 N–H and O–H groups in total. The Labute approximate surface area is 202 Å². The second kappa shape index (κ2) is 6.17. The Bertz CT molecular complexity index is 2060. The molecule has 2 aliphatic rings. The molecule has 0 bridgehead atoms. The highest BCUT2D eigenvalue weighted by atomic mass is 15.0. The lowest BCUT2D eigenvalue weighted by atomic mass is 9.93. The maximum Gasteiger partial charge on any atom is 0.146 e. The molecule has 0 unspecified atom stereocenters. The fourth-order valence-corrected chi connectivity index (χ4v) is 6.70. The average Bonchev–Trinajstić information content (AvgIpc) is 3.58. The molecule has 2 nitrogen and oxygen atoms in total. The third kappa shape index (κ3) is 2.18. The van der Waals surface area contributed by atoms with Crippen LogP contribution >= 0.6 is 0 Å². The Balaban J connectivity index is 1.56. The zero-order valence-corrected chi connectivity index (χ0v) is 19.0. The Morgan fingerprint density at radius 2 is 1.29 bits per heavy atom. The molecule has 35 heavy (non-hydrogen) atoms. The molecule has 2 heteroatoms. The summed E-state index contributed by atoms with van der Waals surface area (Å²) < 4.78 is 2.39.